The molecule has 0 fully saturated rings. The number of hydrogen-bond acceptors (Lipinski definition) is 6. The lowest BCUT2D eigenvalue weighted by atomic mass is 10.1. The Balaban J connectivity index is 1.46. The number of fused-ring (bicyclic) bond motifs is 1. The molecule has 172 valence electrons. The van der Waals surface area contributed by atoms with Crippen molar-refractivity contribution in [2.24, 2.45) is 0 Å². The molecule has 0 bridgehead atoms. The molecule has 2 aromatic carbocycles. The molecule has 1 unspecified atom stereocenters. The number of esters is 1. The molecule has 9 heteroatoms. The molecule has 0 saturated heterocycles. The molecular formula is C24H24N2O5S2. The SMILES string of the molecule is CC1Cc2ccccc2N1S(=O)(=O)c1cccc(C(=O)OCC(=O)N(C)Cc2cccs2)c1. The molecule has 0 N–H and O–H groups in total. The highest BCUT2D eigenvalue weighted by molar-refractivity contribution is 7.92. The Morgan fingerprint density at radius 2 is 1.91 bits per heavy atom. The number of carbonyl (C=O) groups is 2. The maximum absolute atomic E-state index is 13.4. The Hall–Kier alpha value is -3.17. The van der Waals surface area contributed by atoms with Gasteiger partial charge < -0.3 is 9.64 Å². The first-order valence-electron chi connectivity index (χ1n) is 10.4. The second-order valence-corrected chi connectivity index (χ2v) is 10.8. The maximum Gasteiger partial charge on any atom is 0.338 e. The van der Waals surface area contributed by atoms with Crippen LogP contribution in [-0.2, 0) is 32.5 Å². The van der Waals surface area contributed by atoms with Gasteiger partial charge in [0.25, 0.3) is 15.9 Å². The van der Waals surface area contributed by atoms with Crippen LogP contribution in [0, 0.1) is 0 Å². The fraction of sp³-hybridized carbons (Fsp3) is 0.250. The fourth-order valence-corrected chi connectivity index (χ4v) is 6.34. The average Bonchev–Trinajstić information content (AvgIpc) is 3.43. The van der Waals surface area contributed by atoms with Crippen LogP contribution in [0.2, 0.25) is 0 Å². The van der Waals surface area contributed by atoms with Crippen LogP contribution in [0.3, 0.4) is 0 Å². The lowest BCUT2D eigenvalue weighted by Crippen LogP contribution is -2.35. The monoisotopic (exact) mass is 484 g/mol. The van der Waals surface area contributed by atoms with Crippen molar-refractivity contribution in [1.82, 2.24) is 4.90 Å². The van der Waals surface area contributed by atoms with E-state index in [-0.39, 0.29) is 22.4 Å². The predicted octanol–water partition coefficient (Wildman–Crippen LogP) is 3.70. The number of hydrogen-bond donors (Lipinski definition) is 0. The van der Waals surface area contributed by atoms with Crippen LogP contribution in [0.15, 0.2) is 70.9 Å². The van der Waals surface area contributed by atoms with Crippen LogP contribution in [0.4, 0.5) is 5.69 Å². The first-order chi connectivity index (χ1) is 15.8. The molecule has 1 aliphatic heterocycles. The van der Waals surface area contributed by atoms with Crippen LogP contribution in [0.5, 0.6) is 0 Å². The summed E-state index contributed by atoms with van der Waals surface area (Å²) in [4.78, 5) is 27.4. The third-order valence-electron chi connectivity index (χ3n) is 5.50. The number of thiophene rings is 1. The number of para-hydroxylation sites is 1. The van der Waals surface area contributed by atoms with Gasteiger partial charge in [-0.2, -0.15) is 0 Å². The first kappa shape index (κ1) is 23.0. The van der Waals surface area contributed by atoms with Crippen molar-refractivity contribution in [2.75, 3.05) is 18.0 Å². The number of nitrogens with zero attached hydrogens (tertiary/aromatic N) is 2. The average molecular weight is 485 g/mol. The highest BCUT2D eigenvalue weighted by Gasteiger charge is 2.36. The second-order valence-electron chi connectivity index (χ2n) is 7.92. The first-order valence-corrected chi connectivity index (χ1v) is 12.7. The standard InChI is InChI=1S/C24H24N2O5S2/c1-17-13-18-7-3-4-11-22(18)26(17)33(29,30)21-10-5-8-19(14-21)24(28)31-16-23(27)25(2)15-20-9-6-12-32-20/h3-12,14,17H,13,15-16H2,1-2H3. The van der Waals surface area contributed by atoms with E-state index in [0.29, 0.717) is 18.7 Å². The number of rotatable bonds is 7. The summed E-state index contributed by atoms with van der Waals surface area (Å²) in [6, 6.07) is 16.7. The van der Waals surface area contributed by atoms with Crippen molar-refractivity contribution in [3.05, 3.63) is 82.0 Å². The van der Waals surface area contributed by atoms with E-state index in [2.05, 4.69) is 0 Å². The highest BCUT2D eigenvalue weighted by atomic mass is 32.2. The zero-order valence-electron chi connectivity index (χ0n) is 18.3. The van der Waals surface area contributed by atoms with Gasteiger partial charge in [0.15, 0.2) is 6.61 Å². The van der Waals surface area contributed by atoms with Gasteiger partial charge in [-0.05, 0) is 54.6 Å². The normalized spacial score (nSPS) is 15.2. The summed E-state index contributed by atoms with van der Waals surface area (Å²) in [5, 5.41) is 1.93. The van der Waals surface area contributed by atoms with E-state index in [1.54, 1.807) is 19.2 Å². The van der Waals surface area contributed by atoms with Gasteiger partial charge in [-0.15, -0.1) is 11.3 Å². The molecule has 33 heavy (non-hydrogen) atoms. The van der Waals surface area contributed by atoms with E-state index in [4.69, 9.17) is 4.74 Å². The molecular weight excluding hydrogens is 460 g/mol. The lowest BCUT2D eigenvalue weighted by Gasteiger charge is -2.24. The fourth-order valence-electron chi connectivity index (χ4n) is 3.85. The number of benzene rings is 2. The van der Waals surface area contributed by atoms with Gasteiger partial charge in [0.1, 0.15) is 0 Å². The molecule has 3 aromatic rings. The van der Waals surface area contributed by atoms with E-state index in [1.165, 1.54) is 44.8 Å². The topological polar surface area (TPSA) is 84.0 Å². The third kappa shape index (κ3) is 4.79. The second kappa shape index (κ2) is 9.36. The van der Waals surface area contributed by atoms with E-state index in [0.717, 1.165) is 10.4 Å². The molecule has 1 atom stereocenters. The van der Waals surface area contributed by atoms with Crippen molar-refractivity contribution >= 4 is 38.9 Å². The van der Waals surface area contributed by atoms with E-state index >= 15 is 0 Å². The van der Waals surface area contributed by atoms with Gasteiger partial charge in [-0.25, -0.2) is 13.2 Å². The smallest absolute Gasteiger partial charge is 0.338 e. The molecule has 0 radical (unpaired) electrons. The molecule has 1 aliphatic rings. The number of anilines is 1. The summed E-state index contributed by atoms with van der Waals surface area (Å²) in [6.45, 7) is 1.86. The molecule has 0 aliphatic carbocycles. The van der Waals surface area contributed by atoms with Crippen LogP contribution in [0.1, 0.15) is 27.7 Å². The molecule has 2 heterocycles. The predicted molar refractivity (Wildman–Crippen MR) is 127 cm³/mol. The molecule has 0 spiro atoms. The molecule has 0 saturated carbocycles. The molecule has 1 amide bonds. The van der Waals surface area contributed by atoms with Gasteiger partial charge >= 0.3 is 5.97 Å². The Kier molecular flexibility index (Phi) is 6.53. The Bertz CT molecular complexity index is 1270. The maximum atomic E-state index is 13.4. The summed E-state index contributed by atoms with van der Waals surface area (Å²) >= 11 is 1.54. The van der Waals surface area contributed by atoms with Crippen molar-refractivity contribution in [2.45, 2.75) is 30.8 Å². The molecule has 4 rings (SSSR count). The summed E-state index contributed by atoms with van der Waals surface area (Å²) in [5.41, 5.74) is 1.69. The minimum absolute atomic E-state index is 0.00152. The van der Waals surface area contributed by atoms with E-state index < -0.39 is 22.6 Å². The summed E-state index contributed by atoms with van der Waals surface area (Å²) in [5.74, 6) is -1.09. The lowest BCUT2D eigenvalue weighted by molar-refractivity contribution is -0.133. The number of amides is 1. The van der Waals surface area contributed by atoms with E-state index in [1.807, 2.05) is 36.6 Å². The zero-order chi connectivity index (χ0) is 23.6. The number of carbonyl (C=O) groups excluding carboxylic acids is 2. The van der Waals surface area contributed by atoms with Crippen molar-refractivity contribution in [1.29, 1.82) is 0 Å². The highest BCUT2D eigenvalue weighted by Crippen LogP contribution is 2.36. The minimum atomic E-state index is -3.88. The van der Waals surface area contributed by atoms with Crippen LogP contribution >= 0.6 is 11.3 Å². The minimum Gasteiger partial charge on any atom is -0.452 e. The Morgan fingerprint density at radius 1 is 1.12 bits per heavy atom. The largest absolute Gasteiger partial charge is 0.452 e. The zero-order valence-corrected chi connectivity index (χ0v) is 19.9. The van der Waals surface area contributed by atoms with Gasteiger partial charge in [0.05, 0.1) is 22.7 Å². The van der Waals surface area contributed by atoms with E-state index in [9.17, 15) is 18.0 Å². The molecule has 1 aromatic heterocycles. The van der Waals surface area contributed by atoms with Crippen LogP contribution in [0.25, 0.3) is 0 Å². The number of likely N-dealkylation sites (N-methyl/N-ethyl adjacent to an activating group) is 1. The third-order valence-corrected chi connectivity index (χ3v) is 8.28. The van der Waals surface area contributed by atoms with Gasteiger partial charge in [-0.3, -0.25) is 9.10 Å². The molecule has 7 nitrogen and oxygen atoms in total. The van der Waals surface area contributed by atoms with Gasteiger partial charge in [0, 0.05) is 18.0 Å². The van der Waals surface area contributed by atoms with Gasteiger partial charge in [-0.1, -0.05) is 30.3 Å². The van der Waals surface area contributed by atoms with Crippen molar-refractivity contribution in [3.63, 3.8) is 0 Å². The van der Waals surface area contributed by atoms with Crippen LogP contribution in [-0.4, -0.2) is 44.9 Å². The quantitative estimate of drug-likeness (QED) is 0.478. The summed E-state index contributed by atoms with van der Waals surface area (Å²) in [7, 11) is -2.24. The Morgan fingerprint density at radius 3 is 2.67 bits per heavy atom. The summed E-state index contributed by atoms with van der Waals surface area (Å²) in [6.07, 6.45) is 0.623. The summed E-state index contributed by atoms with van der Waals surface area (Å²) < 4.78 is 33.4. The van der Waals surface area contributed by atoms with Crippen molar-refractivity contribution in [3.8, 4) is 0 Å². The van der Waals surface area contributed by atoms with Crippen LogP contribution < -0.4 is 4.31 Å². The van der Waals surface area contributed by atoms with Crippen molar-refractivity contribution < 1.29 is 22.7 Å². The number of sulfonamides is 1. The number of ether oxygens (including phenoxy) is 1. The van der Waals surface area contributed by atoms with Gasteiger partial charge in [0.2, 0.25) is 0 Å². The Labute approximate surface area is 197 Å².